The Bertz CT molecular complexity index is 129. The molecule has 77 valence electrons. The maximum atomic E-state index is 5.84. The molecule has 1 unspecified atom stereocenters. The van der Waals surface area contributed by atoms with Crippen LogP contribution in [0.2, 0.25) is 6.04 Å². The molecule has 1 saturated heterocycles. The van der Waals surface area contributed by atoms with Crippen molar-refractivity contribution in [1.82, 2.24) is 0 Å². The molecule has 0 aromatic heterocycles. The fraction of sp³-hybridized carbons (Fsp3) is 1.00. The van der Waals surface area contributed by atoms with Gasteiger partial charge in [-0.1, -0.05) is 0 Å². The third kappa shape index (κ3) is 5.05. The highest BCUT2D eigenvalue weighted by atomic mass is 32.1. The van der Waals surface area contributed by atoms with Crippen LogP contribution in [0, 0.1) is 0 Å². The van der Waals surface area contributed by atoms with E-state index in [0.717, 1.165) is 31.2 Å². The van der Waals surface area contributed by atoms with E-state index in [2.05, 4.69) is 19.6 Å². The standard InChI is InChI=1S/C9H19O2SSi/c1-9(5-4-7-12)11-13-8-3-2-6-10-13/h9,12H,2-8H2,1H3. The van der Waals surface area contributed by atoms with Gasteiger partial charge in [0.25, 0.3) is 0 Å². The number of hydrogen-bond acceptors (Lipinski definition) is 3. The minimum Gasteiger partial charge on any atom is -0.393 e. The van der Waals surface area contributed by atoms with Gasteiger partial charge in [-0.2, -0.15) is 12.6 Å². The first kappa shape index (κ1) is 11.6. The first-order valence-corrected chi connectivity index (χ1v) is 7.24. The Labute approximate surface area is 88.3 Å². The van der Waals surface area contributed by atoms with E-state index in [1.807, 2.05) is 0 Å². The van der Waals surface area contributed by atoms with E-state index in [0.29, 0.717) is 6.10 Å². The SMILES string of the molecule is CC(CCCS)O[Si]1CCCCO1. The van der Waals surface area contributed by atoms with Crippen molar-refractivity contribution in [2.24, 2.45) is 0 Å². The molecule has 0 aromatic carbocycles. The van der Waals surface area contributed by atoms with Crippen molar-refractivity contribution in [3.8, 4) is 0 Å². The first-order chi connectivity index (χ1) is 6.33. The van der Waals surface area contributed by atoms with Crippen molar-refractivity contribution in [2.45, 2.75) is 44.8 Å². The summed E-state index contributed by atoms with van der Waals surface area (Å²) < 4.78 is 11.4. The molecule has 1 rings (SSSR count). The smallest absolute Gasteiger partial charge is 0.384 e. The molecule has 1 radical (unpaired) electrons. The van der Waals surface area contributed by atoms with E-state index >= 15 is 0 Å². The molecule has 0 spiro atoms. The second kappa shape index (κ2) is 6.87. The van der Waals surface area contributed by atoms with E-state index in [1.165, 1.54) is 12.8 Å². The maximum Gasteiger partial charge on any atom is 0.384 e. The van der Waals surface area contributed by atoms with Crippen molar-refractivity contribution >= 4 is 21.9 Å². The Balaban J connectivity index is 2.07. The van der Waals surface area contributed by atoms with Gasteiger partial charge in [-0.05, 0) is 44.4 Å². The zero-order valence-corrected chi connectivity index (χ0v) is 10.2. The van der Waals surface area contributed by atoms with Crippen LogP contribution in [0.1, 0.15) is 32.6 Å². The summed E-state index contributed by atoms with van der Waals surface area (Å²) in [6.07, 6.45) is 5.11. The maximum absolute atomic E-state index is 5.84. The Morgan fingerprint density at radius 2 is 2.38 bits per heavy atom. The summed E-state index contributed by atoms with van der Waals surface area (Å²) in [6, 6.07) is 1.16. The van der Waals surface area contributed by atoms with E-state index in [9.17, 15) is 0 Å². The van der Waals surface area contributed by atoms with E-state index in [1.54, 1.807) is 0 Å². The molecule has 0 saturated carbocycles. The fourth-order valence-electron chi connectivity index (χ4n) is 1.38. The van der Waals surface area contributed by atoms with Crippen LogP contribution in [0.3, 0.4) is 0 Å². The lowest BCUT2D eigenvalue weighted by atomic mass is 10.2. The van der Waals surface area contributed by atoms with Gasteiger partial charge >= 0.3 is 9.28 Å². The molecule has 1 aliphatic heterocycles. The minimum absolute atomic E-state index is 0.360. The highest BCUT2D eigenvalue weighted by Gasteiger charge is 2.21. The van der Waals surface area contributed by atoms with Crippen LogP contribution in [0.4, 0.5) is 0 Å². The largest absolute Gasteiger partial charge is 0.393 e. The molecule has 1 atom stereocenters. The predicted octanol–water partition coefficient (Wildman–Crippen LogP) is 2.40. The summed E-state index contributed by atoms with van der Waals surface area (Å²) in [5.74, 6) is 0.955. The van der Waals surface area contributed by atoms with Crippen LogP contribution in [-0.4, -0.2) is 27.7 Å². The molecule has 0 aromatic rings. The second-order valence-electron chi connectivity index (χ2n) is 3.47. The van der Waals surface area contributed by atoms with Crippen molar-refractivity contribution in [3.05, 3.63) is 0 Å². The molecule has 13 heavy (non-hydrogen) atoms. The van der Waals surface area contributed by atoms with Gasteiger partial charge in [0.1, 0.15) is 0 Å². The van der Waals surface area contributed by atoms with Crippen LogP contribution in [0.15, 0.2) is 0 Å². The minimum atomic E-state index is -0.902. The van der Waals surface area contributed by atoms with Gasteiger partial charge in [0.05, 0.1) is 0 Å². The van der Waals surface area contributed by atoms with Crippen molar-refractivity contribution < 1.29 is 8.85 Å². The van der Waals surface area contributed by atoms with E-state index in [-0.39, 0.29) is 0 Å². The second-order valence-corrected chi connectivity index (χ2v) is 5.69. The average molecular weight is 219 g/mol. The molecule has 0 amide bonds. The Kier molecular flexibility index (Phi) is 6.11. The molecule has 1 heterocycles. The van der Waals surface area contributed by atoms with Crippen molar-refractivity contribution in [3.63, 3.8) is 0 Å². The van der Waals surface area contributed by atoms with Gasteiger partial charge in [-0.3, -0.25) is 0 Å². The summed E-state index contributed by atoms with van der Waals surface area (Å²) in [5.41, 5.74) is 0. The van der Waals surface area contributed by atoms with Crippen molar-refractivity contribution in [2.75, 3.05) is 12.4 Å². The molecule has 1 aliphatic rings. The Morgan fingerprint density at radius 3 is 3.00 bits per heavy atom. The zero-order chi connectivity index (χ0) is 9.52. The first-order valence-electron chi connectivity index (χ1n) is 5.09. The van der Waals surface area contributed by atoms with Crippen molar-refractivity contribution in [1.29, 1.82) is 0 Å². The van der Waals surface area contributed by atoms with Gasteiger partial charge in [0, 0.05) is 12.7 Å². The summed E-state index contributed by atoms with van der Waals surface area (Å²) in [6.45, 7) is 3.05. The number of thiol groups is 1. The molecular weight excluding hydrogens is 200 g/mol. The van der Waals surface area contributed by atoms with Gasteiger partial charge < -0.3 is 8.85 Å². The lowest BCUT2D eigenvalue weighted by molar-refractivity contribution is 0.128. The number of rotatable bonds is 5. The summed E-state index contributed by atoms with van der Waals surface area (Å²) in [5, 5.41) is 0. The molecule has 1 fully saturated rings. The van der Waals surface area contributed by atoms with E-state index in [4.69, 9.17) is 8.85 Å². The molecule has 0 bridgehead atoms. The van der Waals surface area contributed by atoms with E-state index < -0.39 is 9.28 Å². The highest BCUT2D eigenvalue weighted by Crippen LogP contribution is 2.14. The summed E-state index contributed by atoms with van der Waals surface area (Å²) in [4.78, 5) is 0. The van der Waals surface area contributed by atoms with Crippen LogP contribution in [0.5, 0.6) is 0 Å². The third-order valence-electron chi connectivity index (χ3n) is 2.14. The third-order valence-corrected chi connectivity index (χ3v) is 4.41. The van der Waals surface area contributed by atoms with Gasteiger partial charge in [0.15, 0.2) is 0 Å². The topological polar surface area (TPSA) is 18.5 Å². The highest BCUT2D eigenvalue weighted by molar-refractivity contribution is 7.80. The lowest BCUT2D eigenvalue weighted by Crippen LogP contribution is -2.30. The zero-order valence-electron chi connectivity index (χ0n) is 8.29. The Morgan fingerprint density at radius 1 is 1.54 bits per heavy atom. The monoisotopic (exact) mass is 219 g/mol. The lowest BCUT2D eigenvalue weighted by Gasteiger charge is -2.23. The van der Waals surface area contributed by atoms with Crippen LogP contribution in [-0.2, 0) is 8.85 Å². The normalized spacial score (nSPS) is 21.7. The van der Waals surface area contributed by atoms with Crippen LogP contribution in [0.25, 0.3) is 0 Å². The molecular formula is C9H19O2SSi. The molecule has 0 aliphatic carbocycles. The number of hydrogen-bond donors (Lipinski definition) is 1. The molecule has 0 N–H and O–H groups in total. The van der Waals surface area contributed by atoms with Crippen LogP contribution < -0.4 is 0 Å². The van der Waals surface area contributed by atoms with Gasteiger partial charge in [-0.25, -0.2) is 0 Å². The predicted molar refractivity (Wildman–Crippen MR) is 59.4 cm³/mol. The van der Waals surface area contributed by atoms with Crippen LogP contribution >= 0.6 is 12.6 Å². The van der Waals surface area contributed by atoms with Gasteiger partial charge in [0.2, 0.25) is 0 Å². The molecule has 4 heteroatoms. The summed E-state index contributed by atoms with van der Waals surface area (Å²) in [7, 11) is -0.902. The molecule has 2 nitrogen and oxygen atoms in total. The van der Waals surface area contributed by atoms with Gasteiger partial charge in [-0.15, -0.1) is 0 Å². The fourth-order valence-corrected chi connectivity index (χ4v) is 3.37. The Hall–Kier alpha value is 0.487. The summed E-state index contributed by atoms with van der Waals surface area (Å²) >= 11 is 4.18. The average Bonchev–Trinajstić information content (AvgIpc) is 2.16. The quantitative estimate of drug-likeness (QED) is 0.565.